The Morgan fingerprint density at radius 1 is 0.978 bits per heavy atom. The van der Waals surface area contributed by atoms with Crippen molar-refractivity contribution in [1.29, 1.82) is 0 Å². The Balaban J connectivity index is 0.000000311. The molecule has 2 heterocycles. The zero-order valence-corrected chi connectivity index (χ0v) is 28.7. The first-order valence-corrected chi connectivity index (χ1v) is 14.5. The van der Waals surface area contributed by atoms with Crippen LogP contribution in [0, 0.1) is 46.6 Å². The maximum absolute atomic E-state index is 9.04. The van der Waals surface area contributed by atoms with Crippen LogP contribution < -0.4 is 0 Å². The summed E-state index contributed by atoms with van der Waals surface area (Å²) < 4.78 is 51.9. The third-order valence-electron chi connectivity index (χ3n) is 7.36. The van der Waals surface area contributed by atoms with Gasteiger partial charge in [0.05, 0.1) is 0 Å². The molecule has 46 heavy (non-hydrogen) atoms. The van der Waals surface area contributed by atoms with Crippen LogP contribution in [0.3, 0.4) is 0 Å². The molecule has 0 radical (unpaired) electrons. The van der Waals surface area contributed by atoms with Gasteiger partial charge in [0.1, 0.15) is 11.5 Å². The zero-order valence-electron chi connectivity index (χ0n) is 32.3. The molecule has 0 unspecified atom stereocenters. The van der Waals surface area contributed by atoms with Gasteiger partial charge in [-0.15, -0.1) is 70.8 Å². The molecule has 0 spiro atoms. The Morgan fingerprint density at radius 3 is 2.37 bits per heavy atom. The fraction of sp³-hybridized carbons (Fsp3) is 0.143. The van der Waals surface area contributed by atoms with E-state index < -0.39 is 13.7 Å². The first-order chi connectivity index (χ1) is 24.1. The molecule has 3 nitrogen and oxygen atoms in total. The summed E-state index contributed by atoms with van der Waals surface area (Å²) in [5.74, 6) is 1.53. The summed E-state index contributed by atoms with van der Waals surface area (Å²) in [7, 11) is 0. The standard InChI is InChI=1S/C24H24NO.C18H15N.Ir/c1-15-7-11-23(25-14-15)21-10-8-16(2)22(13-21)17(3)9-12-24-19(5)18(4)20(6)26-24;1-15(16-8-4-2-5-9-16)14-18(12-13-19)17-10-6-3-7-11-17;/h7-9,11-14H,3H2,1-2,4-6H3;2-8,10-14H,1H3;/q-1;-2;+3/b12-9-;15-14+,18-12+;/i1D3,2D3;;. The van der Waals surface area contributed by atoms with E-state index in [1.807, 2.05) is 88.4 Å². The zero-order chi connectivity index (χ0) is 37.3. The topological polar surface area (TPSA) is 48.3 Å². The number of allylic oxidation sites excluding steroid dienone is 6. The van der Waals surface area contributed by atoms with Crippen LogP contribution >= 0.6 is 0 Å². The molecule has 0 aliphatic heterocycles. The van der Waals surface area contributed by atoms with Crippen molar-refractivity contribution in [3.8, 4) is 11.3 Å². The Kier molecular flexibility index (Phi) is 10.3. The van der Waals surface area contributed by atoms with Gasteiger partial charge >= 0.3 is 20.1 Å². The molecule has 3 aromatic carbocycles. The minimum Gasteiger partial charge on any atom is -0.811 e. The third kappa shape index (κ3) is 9.44. The average Bonchev–Trinajstić information content (AvgIpc) is 3.36. The second kappa shape index (κ2) is 17.2. The number of benzene rings is 3. The molecule has 0 aliphatic carbocycles. The molecule has 0 saturated carbocycles. The summed E-state index contributed by atoms with van der Waals surface area (Å²) in [6.45, 7) is 7.35. The smallest absolute Gasteiger partial charge is 0.811 e. The maximum atomic E-state index is 9.04. The molecule has 0 aliphatic rings. The van der Waals surface area contributed by atoms with Gasteiger partial charge in [0.2, 0.25) is 0 Å². The van der Waals surface area contributed by atoms with Gasteiger partial charge in [0.15, 0.2) is 0 Å². The van der Waals surface area contributed by atoms with E-state index in [-0.39, 0.29) is 31.2 Å². The van der Waals surface area contributed by atoms with Crippen molar-refractivity contribution in [3.63, 3.8) is 0 Å². The fourth-order valence-electron chi connectivity index (χ4n) is 4.54. The maximum Gasteiger partial charge on any atom is 3.00 e. The van der Waals surface area contributed by atoms with Gasteiger partial charge in [0, 0.05) is 14.4 Å². The van der Waals surface area contributed by atoms with Crippen LogP contribution in [0.2, 0.25) is 0 Å². The molecular formula is C42H39IrN2O. The summed E-state index contributed by atoms with van der Waals surface area (Å²) >= 11 is 0. The Labute approximate surface area is 296 Å². The van der Waals surface area contributed by atoms with Crippen molar-refractivity contribution in [2.45, 2.75) is 41.4 Å². The SMILES string of the molecule is C/C(=C\C(=C/C=[N-])c1ccccc1)c1[c-]cccc1.[2H]C([2H])([2H])c1ccc(-c2[c-]cc(C([2H])([2H])[2H])c(C(=C)/C=C\c3oc(C)c(C)c3C)c2)nc1.[Ir+3]. The monoisotopic (exact) mass is 786 g/mol. The minimum atomic E-state index is -2.35. The van der Waals surface area contributed by atoms with Crippen molar-refractivity contribution < 1.29 is 32.7 Å². The van der Waals surface area contributed by atoms with Crippen molar-refractivity contribution >= 4 is 29.0 Å². The number of hydrogen-bond acceptors (Lipinski definition) is 2. The fourth-order valence-corrected chi connectivity index (χ4v) is 4.54. The molecule has 4 heteroatoms. The summed E-state index contributed by atoms with van der Waals surface area (Å²) in [6.07, 6.45) is 9.62. The molecule has 0 amide bonds. The number of nitrogens with zero attached hydrogens (tertiary/aromatic N) is 2. The van der Waals surface area contributed by atoms with E-state index in [4.69, 9.17) is 18.1 Å². The van der Waals surface area contributed by atoms with Gasteiger partial charge in [-0.3, -0.25) is 0 Å². The van der Waals surface area contributed by atoms with E-state index in [0.29, 0.717) is 28.2 Å². The van der Waals surface area contributed by atoms with E-state index in [9.17, 15) is 0 Å². The van der Waals surface area contributed by atoms with Gasteiger partial charge in [-0.1, -0.05) is 86.6 Å². The summed E-state index contributed by atoms with van der Waals surface area (Å²) in [6, 6.07) is 30.2. The largest absolute Gasteiger partial charge is 3.00 e. The Bertz CT molecular complexity index is 2070. The van der Waals surface area contributed by atoms with E-state index in [2.05, 4.69) is 23.7 Å². The summed E-state index contributed by atoms with van der Waals surface area (Å²) in [5.41, 5.74) is 8.52. The average molecular weight is 786 g/mol. The van der Waals surface area contributed by atoms with Crippen LogP contribution in [0.15, 0.2) is 114 Å². The summed E-state index contributed by atoms with van der Waals surface area (Å²) in [5, 5.41) is 9.04. The molecule has 0 fully saturated rings. The Morgan fingerprint density at radius 2 is 1.76 bits per heavy atom. The number of furan rings is 1. The van der Waals surface area contributed by atoms with Crippen LogP contribution in [0.5, 0.6) is 0 Å². The number of aromatic nitrogens is 1. The van der Waals surface area contributed by atoms with Crippen LogP contribution in [-0.2, 0) is 20.1 Å². The van der Waals surface area contributed by atoms with Gasteiger partial charge in [-0.2, -0.15) is 6.21 Å². The molecule has 232 valence electrons. The van der Waals surface area contributed by atoms with Crippen LogP contribution in [0.25, 0.3) is 39.5 Å². The van der Waals surface area contributed by atoms with E-state index in [0.717, 1.165) is 45.4 Å². The Hall–Kier alpha value is -4.63. The van der Waals surface area contributed by atoms with E-state index >= 15 is 0 Å². The first-order valence-electron chi connectivity index (χ1n) is 17.5. The molecule has 0 bridgehead atoms. The number of hydrogen-bond donors (Lipinski definition) is 0. The third-order valence-corrected chi connectivity index (χ3v) is 7.36. The predicted octanol–water partition coefficient (Wildman–Crippen LogP) is 11.0. The van der Waals surface area contributed by atoms with Crippen LogP contribution in [0.1, 0.15) is 65.6 Å². The molecule has 2 aromatic heterocycles. The second-order valence-electron chi connectivity index (χ2n) is 10.5. The molecule has 5 aromatic rings. The summed E-state index contributed by atoms with van der Waals surface area (Å²) in [4.78, 5) is 4.23. The number of aryl methyl sites for hydroxylation is 3. The van der Waals surface area contributed by atoms with Gasteiger partial charge in [-0.05, 0) is 72.8 Å². The van der Waals surface area contributed by atoms with E-state index in [1.165, 1.54) is 18.3 Å². The van der Waals surface area contributed by atoms with Crippen molar-refractivity contribution in [1.82, 2.24) is 4.98 Å². The molecular weight excluding hydrogens is 741 g/mol. The molecule has 0 atom stereocenters. The number of pyridine rings is 1. The molecule has 5 rings (SSSR count). The van der Waals surface area contributed by atoms with Crippen LogP contribution in [0.4, 0.5) is 0 Å². The van der Waals surface area contributed by atoms with Gasteiger partial charge in [-0.25, -0.2) is 0 Å². The molecule has 0 N–H and O–H groups in total. The van der Waals surface area contributed by atoms with Crippen molar-refractivity contribution in [3.05, 3.63) is 178 Å². The van der Waals surface area contributed by atoms with Gasteiger partial charge in [0.25, 0.3) is 0 Å². The molecule has 0 saturated heterocycles. The second-order valence-corrected chi connectivity index (χ2v) is 10.5. The van der Waals surface area contributed by atoms with Crippen molar-refractivity contribution in [2.24, 2.45) is 0 Å². The first kappa shape index (κ1) is 27.7. The quantitative estimate of drug-likeness (QED) is 0.0894. The predicted molar refractivity (Wildman–Crippen MR) is 192 cm³/mol. The normalized spacial score (nSPS) is 13.9. The number of rotatable bonds is 8. The van der Waals surface area contributed by atoms with E-state index in [1.54, 1.807) is 30.4 Å². The van der Waals surface area contributed by atoms with Crippen LogP contribution in [-0.4, -0.2) is 11.2 Å². The van der Waals surface area contributed by atoms with Crippen molar-refractivity contribution in [2.75, 3.05) is 0 Å². The minimum absolute atomic E-state index is 0. The van der Waals surface area contributed by atoms with Gasteiger partial charge < -0.3 is 14.8 Å².